The third-order valence-corrected chi connectivity index (χ3v) is 13.4. The highest BCUT2D eigenvalue weighted by atomic mass is 28.4. The summed E-state index contributed by atoms with van der Waals surface area (Å²) in [6, 6.07) is 5.89. The maximum absolute atomic E-state index is 13.7. The van der Waals surface area contributed by atoms with Gasteiger partial charge in [-0.15, -0.1) is 0 Å². The van der Waals surface area contributed by atoms with Crippen LogP contribution in [0.1, 0.15) is 90.6 Å². The minimum absolute atomic E-state index is 0.185. The van der Waals surface area contributed by atoms with Crippen molar-refractivity contribution < 1.29 is 18.8 Å². The van der Waals surface area contributed by atoms with Crippen molar-refractivity contribution in [2.75, 3.05) is 37.0 Å². The highest BCUT2D eigenvalue weighted by molar-refractivity contribution is 6.74. The highest BCUT2D eigenvalue weighted by Crippen LogP contribution is 2.37. The summed E-state index contributed by atoms with van der Waals surface area (Å²) in [5, 5.41) is 3.30. The minimum atomic E-state index is -1.81. The van der Waals surface area contributed by atoms with Gasteiger partial charge in [-0.05, 0) is 104 Å². The van der Waals surface area contributed by atoms with Crippen molar-refractivity contribution in [2.45, 2.75) is 92.8 Å². The first kappa shape index (κ1) is 32.8. The molecule has 1 aliphatic rings. The van der Waals surface area contributed by atoms with Crippen molar-refractivity contribution in [1.29, 1.82) is 0 Å². The van der Waals surface area contributed by atoms with Crippen LogP contribution >= 0.6 is 0 Å². The van der Waals surface area contributed by atoms with Gasteiger partial charge in [-0.25, -0.2) is 9.78 Å². The van der Waals surface area contributed by atoms with Crippen LogP contribution in [0.15, 0.2) is 18.2 Å². The molecule has 1 aromatic carbocycles. The van der Waals surface area contributed by atoms with Gasteiger partial charge in [0, 0.05) is 25.4 Å². The number of pyridine rings is 1. The van der Waals surface area contributed by atoms with Crippen LogP contribution in [0.4, 0.5) is 11.5 Å². The first-order valence-electron chi connectivity index (χ1n) is 14.9. The summed E-state index contributed by atoms with van der Waals surface area (Å²) >= 11 is 0. The summed E-state index contributed by atoms with van der Waals surface area (Å²) < 4.78 is 11.6. The Morgan fingerprint density at radius 1 is 1.15 bits per heavy atom. The summed E-state index contributed by atoms with van der Waals surface area (Å²) in [7, 11) is -0.431. The molecule has 1 aromatic heterocycles. The molecule has 1 fully saturated rings. The molecule has 1 atom stereocenters. The molecule has 226 valence electrons. The van der Waals surface area contributed by atoms with E-state index in [1.54, 1.807) is 0 Å². The second-order valence-corrected chi connectivity index (χ2v) is 18.4. The van der Waals surface area contributed by atoms with E-state index in [4.69, 9.17) is 14.1 Å². The molecule has 0 bridgehead atoms. The fraction of sp³-hybridized carbons (Fsp3) is 0.606. The second kappa shape index (κ2) is 13.1. The number of carbonyl (C=O) groups is 2. The van der Waals surface area contributed by atoms with Gasteiger partial charge in [-0.2, -0.15) is 0 Å². The Kier molecular flexibility index (Phi) is 10.5. The number of anilines is 2. The lowest BCUT2D eigenvalue weighted by Gasteiger charge is -2.39. The van der Waals surface area contributed by atoms with Crippen molar-refractivity contribution in [3.05, 3.63) is 51.7 Å². The second-order valence-electron chi connectivity index (χ2n) is 13.6. The predicted octanol–water partition coefficient (Wildman–Crippen LogP) is 7.48. The molecule has 41 heavy (non-hydrogen) atoms. The summed E-state index contributed by atoms with van der Waals surface area (Å²) in [5.74, 6) is 0.963. The molecule has 8 heteroatoms. The molecule has 0 spiro atoms. The van der Waals surface area contributed by atoms with Crippen LogP contribution in [0.25, 0.3) is 0 Å². The number of carbonyl (C=O) groups excluding carboxylic acids is 2. The standard InChI is InChI=1S/C33H51N3O4Si/c1-21(2)17-26-18-27(32(38)39-9)24(5)30(23(26)4)35-31(37)29-22(3)14-15-28(34-29)36-16-12-13-25(19-36)20-40-41(10,11)33(6,7)8/h14-15,18,21,25H,12-13,16-17,19-20H2,1-11H3,(H,35,37). The number of aryl methyl sites for hydroxylation is 1. The largest absolute Gasteiger partial charge is 0.465 e. The molecule has 7 nitrogen and oxygen atoms in total. The van der Waals surface area contributed by atoms with Gasteiger partial charge in [0.1, 0.15) is 11.5 Å². The molecule has 0 radical (unpaired) electrons. The molecule has 2 aromatic rings. The quantitative estimate of drug-likeness (QED) is 0.244. The smallest absolute Gasteiger partial charge is 0.338 e. The Morgan fingerprint density at radius 3 is 2.44 bits per heavy atom. The van der Waals surface area contributed by atoms with E-state index >= 15 is 0 Å². The van der Waals surface area contributed by atoms with Crippen LogP contribution < -0.4 is 10.2 Å². The number of hydrogen-bond acceptors (Lipinski definition) is 6. The topological polar surface area (TPSA) is 80.8 Å². The van der Waals surface area contributed by atoms with Gasteiger partial charge in [0.25, 0.3) is 5.91 Å². The fourth-order valence-electron chi connectivity index (χ4n) is 5.18. The summed E-state index contributed by atoms with van der Waals surface area (Å²) in [6.07, 6.45) is 3.00. The molecule has 0 aliphatic carbocycles. The molecule has 3 rings (SSSR count). The Morgan fingerprint density at radius 2 is 1.83 bits per heavy atom. The summed E-state index contributed by atoms with van der Waals surface area (Å²) in [5.41, 5.74) is 5.02. The number of rotatable bonds is 9. The Balaban J connectivity index is 1.85. The fourth-order valence-corrected chi connectivity index (χ4v) is 6.26. The van der Waals surface area contributed by atoms with Crippen molar-refractivity contribution >= 4 is 31.7 Å². The lowest BCUT2D eigenvalue weighted by atomic mass is 9.92. The van der Waals surface area contributed by atoms with E-state index in [2.05, 4.69) is 57.9 Å². The number of piperidine rings is 1. The van der Waals surface area contributed by atoms with Crippen LogP contribution in [-0.2, 0) is 15.6 Å². The summed E-state index contributed by atoms with van der Waals surface area (Å²) in [4.78, 5) is 33.4. The van der Waals surface area contributed by atoms with E-state index in [0.29, 0.717) is 34.3 Å². The summed E-state index contributed by atoms with van der Waals surface area (Å²) in [6.45, 7) is 24.0. The number of esters is 1. The zero-order valence-corrected chi connectivity index (χ0v) is 28.2. The first-order chi connectivity index (χ1) is 19.1. The maximum Gasteiger partial charge on any atom is 0.338 e. The van der Waals surface area contributed by atoms with Gasteiger partial charge in [-0.1, -0.05) is 40.7 Å². The molecule has 1 unspecified atom stereocenters. The van der Waals surface area contributed by atoms with Crippen LogP contribution in [0.3, 0.4) is 0 Å². The third kappa shape index (κ3) is 7.77. The van der Waals surface area contributed by atoms with Crippen LogP contribution in [0.5, 0.6) is 0 Å². The van der Waals surface area contributed by atoms with Crippen molar-refractivity contribution in [3.8, 4) is 0 Å². The number of amides is 1. The average Bonchev–Trinajstić information content (AvgIpc) is 2.90. The highest BCUT2D eigenvalue weighted by Gasteiger charge is 2.38. The van der Waals surface area contributed by atoms with E-state index < -0.39 is 14.3 Å². The predicted molar refractivity (Wildman–Crippen MR) is 171 cm³/mol. The number of benzene rings is 1. The first-order valence-corrected chi connectivity index (χ1v) is 17.9. The van der Waals surface area contributed by atoms with Gasteiger partial charge in [-0.3, -0.25) is 4.79 Å². The molecular weight excluding hydrogens is 530 g/mol. The van der Waals surface area contributed by atoms with E-state index in [0.717, 1.165) is 61.5 Å². The molecular formula is C33H51N3O4Si. The lowest BCUT2D eigenvalue weighted by molar-refractivity contribution is 0.0599. The number of hydrogen-bond donors (Lipinski definition) is 1. The molecule has 0 saturated carbocycles. The minimum Gasteiger partial charge on any atom is -0.465 e. The van der Waals surface area contributed by atoms with Gasteiger partial charge in [0.05, 0.1) is 12.7 Å². The molecule has 1 N–H and O–H groups in total. The van der Waals surface area contributed by atoms with Crippen LogP contribution in [-0.4, -0.2) is 52.0 Å². The number of ether oxygens (including phenoxy) is 1. The van der Waals surface area contributed by atoms with E-state index in [1.165, 1.54) is 7.11 Å². The zero-order chi connectivity index (χ0) is 30.7. The maximum atomic E-state index is 13.7. The SMILES string of the molecule is COC(=O)c1cc(CC(C)C)c(C)c(NC(=O)c2nc(N3CCCC(CO[Si](C)(C)C(C)(C)C)C3)ccc2C)c1C. The zero-order valence-electron chi connectivity index (χ0n) is 27.2. The van der Waals surface area contributed by atoms with Crippen molar-refractivity contribution in [2.24, 2.45) is 11.8 Å². The Bertz CT molecular complexity index is 1270. The monoisotopic (exact) mass is 581 g/mol. The lowest BCUT2D eigenvalue weighted by Crippen LogP contribution is -2.44. The number of nitrogens with one attached hydrogen (secondary N) is 1. The molecule has 2 heterocycles. The van der Waals surface area contributed by atoms with Crippen molar-refractivity contribution in [3.63, 3.8) is 0 Å². The van der Waals surface area contributed by atoms with Crippen molar-refractivity contribution in [1.82, 2.24) is 4.98 Å². The number of aromatic nitrogens is 1. The molecule has 1 aliphatic heterocycles. The Hall–Kier alpha value is -2.71. The van der Waals surface area contributed by atoms with E-state index in [-0.39, 0.29) is 10.9 Å². The normalized spacial score (nSPS) is 16.2. The average molecular weight is 582 g/mol. The molecule has 1 saturated heterocycles. The van der Waals surface area contributed by atoms with E-state index in [9.17, 15) is 9.59 Å². The number of methoxy groups -OCH3 is 1. The Labute approximate surface area is 248 Å². The van der Waals surface area contributed by atoms with Gasteiger partial charge in [0.15, 0.2) is 8.32 Å². The van der Waals surface area contributed by atoms with Crippen LogP contribution in [0, 0.1) is 32.6 Å². The van der Waals surface area contributed by atoms with Gasteiger partial charge in [0.2, 0.25) is 0 Å². The van der Waals surface area contributed by atoms with E-state index in [1.807, 2.05) is 39.0 Å². The molecule has 1 amide bonds. The number of nitrogens with zero attached hydrogens (tertiary/aromatic N) is 2. The van der Waals surface area contributed by atoms with Gasteiger partial charge >= 0.3 is 5.97 Å². The third-order valence-electron chi connectivity index (χ3n) is 8.85. The van der Waals surface area contributed by atoms with Gasteiger partial charge < -0.3 is 19.4 Å². The van der Waals surface area contributed by atoms with Crippen LogP contribution in [0.2, 0.25) is 18.1 Å².